The minimum atomic E-state index is -0.237. The highest BCUT2D eigenvalue weighted by Gasteiger charge is 2.27. The number of morpholine rings is 1. The first-order valence-electron chi connectivity index (χ1n) is 8.25. The van der Waals surface area contributed by atoms with E-state index < -0.39 is 0 Å². The second kappa shape index (κ2) is 7.48. The highest BCUT2D eigenvalue weighted by atomic mass is 16.5. The molecule has 1 aliphatic heterocycles. The Balaban J connectivity index is 1.54. The maximum absolute atomic E-state index is 12.2. The number of nitrogens with one attached hydrogen (secondary N) is 1. The Kier molecular flexibility index (Phi) is 5.14. The number of carbonyl (C=O) groups excluding carboxylic acids is 2. The molecule has 132 valence electrons. The van der Waals surface area contributed by atoms with Crippen molar-refractivity contribution < 1.29 is 14.3 Å². The molecule has 1 aromatic carbocycles. The summed E-state index contributed by atoms with van der Waals surface area (Å²) < 4.78 is 7.20. The molecule has 1 atom stereocenters. The quantitative estimate of drug-likeness (QED) is 0.875. The third kappa shape index (κ3) is 4.24. The van der Waals surface area contributed by atoms with E-state index in [-0.39, 0.29) is 24.5 Å². The molecule has 0 spiro atoms. The summed E-state index contributed by atoms with van der Waals surface area (Å²) in [5.41, 5.74) is 2.37. The summed E-state index contributed by atoms with van der Waals surface area (Å²) >= 11 is 0. The van der Waals surface area contributed by atoms with E-state index in [1.54, 1.807) is 22.7 Å². The fraction of sp³-hybridized carbons (Fsp3) is 0.389. The van der Waals surface area contributed by atoms with E-state index in [4.69, 9.17) is 4.74 Å². The number of amides is 2. The minimum Gasteiger partial charge on any atom is -0.365 e. The molecule has 2 heterocycles. The summed E-state index contributed by atoms with van der Waals surface area (Å²) in [7, 11) is 1.80. The molecule has 0 radical (unpaired) electrons. The number of aromatic nitrogens is 2. The third-order valence-electron chi connectivity index (χ3n) is 4.27. The van der Waals surface area contributed by atoms with Crippen molar-refractivity contribution in [3.05, 3.63) is 53.3 Å². The largest absolute Gasteiger partial charge is 0.365 e. The Morgan fingerprint density at radius 2 is 2.12 bits per heavy atom. The molecule has 1 aliphatic rings. The molecule has 7 heteroatoms. The molecule has 3 rings (SSSR count). The molecule has 1 unspecified atom stereocenters. The fourth-order valence-corrected chi connectivity index (χ4v) is 2.73. The molecule has 0 bridgehead atoms. The molecule has 1 fully saturated rings. The van der Waals surface area contributed by atoms with Gasteiger partial charge in [0.2, 0.25) is 5.91 Å². The average molecular weight is 342 g/mol. The van der Waals surface area contributed by atoms with Crippen LogP contribution in [0.5, 0.6) is 0 Å². The number of carbonyl (C=O) groups is 2. The van der Waals surface area contributed by atoms with Crippen molar-refractivity contribution in [2.24, 2.45) is 7.05 Å². The van der Waals surface area contributed by atoms with Crippen LogP contribution in [0.15, 0.2) is 36.4 Å². The van der Waals surface area contributed by atoms with Gasteiger partial charge in [-0.2, -0.15) is 5.10 Å². The first-order chi connectivity index (χ1) is 12.0. The van der Waals surface area contributed by atoms with Gasteiger partial charge in [0.05, 0.1) is 6.10 Å². The summed E-state index contributed by atoms with van der Waals surface area (Å²) in [4.78, 5) is 26.0. The van der Waals surface area contributed by atoms with E-state index in [9.17, 15) is 9.59 Å². The van der Waals surface area contributed by atoms with Gasteiger partial charge in [0.15, 0.2) is 0 Å². The van der Waals surface area contributed by atoms with Crippen LogP contribution in [0.2, 0.25) is 0 Å². The highest BCUT2D eigenvalue weighted by Crippen LogP contribution is 2.11. The van der Waals surface area contributed by atoms with E-state index in [1.807, 2.05) is 37.3 Å². The number of aryl methyl sites for hydroxylation is 2. The molecular formula is C18H22N4O3. The summed E-state index contributed by atoms with van der Waals surface area (Å²) in [5, 5.41) is 6.99. The highest BCUT2D eigenvalue weighted by molar-refractivity contribution is 5.92. The zero-order chi connectivity index (χ0) is 17.8. The van der Waals surface area contributed by atoms with Gasteiger partial charge in [0.25, 0.3) is 5.91 Å². The van der Waals surface area contributed by atoms with Crippen LogP contribution in [-0.2, 0) is 23.1 Å². The molecule has 0 saturated carbocycles. The molecule has 1 N–H and O–H groups in total. The predicted molar refractivity (Wildman–Crippen MR) is 91.9 cm³/mol. The molecule has 25 heavy (non-hydrogen) atoms. The first kappa shape index (κ1) is 17.2. The van der Waals surface area contributed by atoms with E-state index >= 15 is 0 Å². The second-order valence-corrected chi connectivity index (χ2v) is 6.20. The van der Waals surface area contributed by atoms with Crippen LogP contribution in [-0.4, -0.2) is 52.3 Å². The number of hydrogen-bond acceptors (Lipinski definition) is 4. The standard InChI is InChI=1S/C18H22N4O3/c1-13-8-16(20-21(13)2)18(24)19-9-15-11-22(17(23)12-25-15)10-14-6-4-3-5-7-14/h3-8,15H,9-12H2,1-2H3,(H,19,24). The third-order valence-corrected chi connectivity index (χ3v) is 4.27. The van der Waals surface area contributed by atoms with Crippen LogP contribution in [0.3, 0.4) is 0 Å². The SMILES string of the molecule is Cc1cc(C(=O)NCC2CN(Cc3ccccc3)C(=O)CO2)nn1C. The van der Waals surface area contributed by atoms with Crippen molar-refractivity contribution in [3.8, 4) is 0 Å². The van der Waals surface area contributed by atoms with Gasteiger partial charge in [-0.05, 0) is 18.6 Å². The van der Waals surface area contributed by atoms with Gasteiger partial charge < -0.3 is 15.0 Å². The Hall–Kier alpha value is -2.67. The molecular weight excluding hydrogens is 320 g/mol. The lowest BCUT2D eigenvalue weighted by Crippen LogP contribution is -2.50. The van der Waals surface area contributed by atoms with E-state index in [2.05, 4.69) is 10.4 Å². The lowest BCUT2D eigenvalue weighted by molar-refractivity contribution is -0.149. The second-order valence-electron chi connectivity index (χ2n) is 6.20. The number of hydrogen-bond donors (Lipinski definition) is 1. The number of rotatable bonds is 5. The van der Waals surface area contributed by atoms with Crippen molar-refractivity contribution in [2.45, 2.75) is 19.6 Å². The monoisotopic (exact) mass is 342 g/mol. The summed E-state index contributed by atoms with van der Waals surface area (Å²) in [5.74, 6) is -0.273. The smallest absolute Gasteiger partial charge is 0.271 e. The first-order valence-corrected chi connectivity index (χ1v) is 8.25. The number of nitrogens with zero attached hydrogens (tertiary/aromatic N) is 3. The fourth-order valence-electron chi connectivity index (χ4n) is 2.73. The maximum Gasteiger partial charge on any atom is 0.271 e. The summed E-state index contributed by atoms with van der Waals surface area (Å²) in [6, 6.07) is 11.6. The minimum absolute atomic E-state index is 0.0354. The van der Waals surface area contributed by atoms with Crippen LogP contribution in [0.4, 0.5) is 0 Å². The topological polar surface area (TPSA) is 76.5 Å². The zero-order valence-electron chi connectivity index (χ0n) is 14.4. The number of ether oxygens (including phenoxy) is 1. The van der Waals surface area contributed by atoms with Gasteiger partial charge >= 0.3 is 0 Å². The van der Waals surface area contributed by atoms with E-state index in [0.29, 0.717) is 25.3 Å². The maximum atomic E-state index is 12.2. The van der Waals surface area contributed by atoms with Crippen molar-refractivity contribution in [1.29, 1.82) is 0 Å². The molecule has 0 aliphatic carbocycles. The van der Waals surface area contributed by atoms with Crippen LogP contribution < -0.4 is 5.32 Å². The van der Waals surface area contributed by atoms with Crippen LogP contribution >= 0.6 is 0 Å². The molecule has 7 nitrogen and oxygen atoms in total. The average Bonchev–Trinajstić information content (AvgIpc) is 2.95. The predicted octanol–water partition coefficient (Wildman–Crippen LogP) is 0.886. The molecule has 2 aromatic rings. The number of benzene rings is 1. The van der Waals surface area contributed by atoms with Gasteiger partial charge in [-0.25, -0.2) is 0 Å². The Labute approximate surface area is 146 Å². The molecule has 2 amide bonds. The van der Waals surface area contributed by atoms with Crippen molar-refractivity contribution in [2.75, 3.05) is 19.7 Å². The normalized spacial score (nSPS) is 17.6. The van der Waals surface area contributed by atoms with Gasteiger partial charge in [-0.3, -0.25) is 14.3 Å². The van der Waals surface area contributed by atoms with E-state index in [1.165, 1.54) is 0 Å². The lowest BCUT2D eigenvalue weighted by atomic mass is 10.2. The summed E-state index contributed by atoms with van der Waals surface area (Å²) in [6.45, 7) is 3.27. The molecule has 1 saturated heterocycles. The summed E-state index contributed by atoms with van der Waals surface area (Å²) in [6.07, 6.45) is -0.227. The Bertz CT molecular complexity index is 737. The lowest BCUT2D eigenvalue weighted by Gasteiger charge is -2.32. The van der Waals surface area contributed by atoms with Crippen LogP contribution in [0, 0.1) is 6.92 Å². The van der Waals surface area contributed by atoms with Gasteiger partial charge in [0.1, 0.15) is 12.3 Å². The van der Waals surface area contributed by atoms with Gasteiger partial charge in [-0.15, -0.1) is 0 Å². The van der Waals surface area contributed by atoms with Crippen molar-refractivity contribution in [1.82, 2.24) is 20.0 Å². The van der Waals surface area contributed by atoms with Crippen LogP contribution in [0.25, 0.3) is 0 Å². The van der Waals surface area contributed by atoms with Crippen molar-refractivity contribution >= 4 is 11.8 Å². The van der Waals surface area contributed by atoms with E-state index in [0.717, 1.165) is 11.3 Å². The van der Waals surface area contributed by atoms with Crippen molar-refractivity contribution in [3.63, 3.8) is 0 Å². The Morgan fingerprint density at radius 3 is 2.80 bits per heavy atom. The Morgan fingerprint density at radius 1 is 1.36 bits per heavy atom. The van der Waals surface area contributed by atoms with Gasteiger partial charge in [-0.1, -0.05) is 30.3 Å². The zero-order valence-corrected chi connectivity index (χ0v) is 14.4. The van der Waals surface area contributed by atoms with Crippen LogP contribution in [0.1, 0.15) is 21.7 Å². The molecule has 1 aromatic heterocycles. The van der Waals surface area contributed by atoms with Gasteiger partial charge in [0, 0.05) is 32.4 Å².